The van der Waals surface area contributed by atoms with Crippen LogP contribution in [0, 0.1) is 17.2 Å². The fourth-order valence-electron chi connectivity index (χ4n) is 1.42. The zero-order chi connectivity index (χ0) is 15.4. The summed E-state index contributed by atoms with van der Waals surface area (Å²) in [6, 6.07) is 8.80. The van der Waals surface area contributed by atoms with Gasteiger partial charge in [-0.15, -0.1) is 0 Å². The lowest BCUT2D eigenvalue weighted by Crippen LogP contribution is -2.17. The molecule has 21 heavy (non-hydrogen) atoms. The normalized spacial score (nSPS) is 10.2. The van der Waals surface area contributed by atoms with Crippen molar-refractivity contribution in [1.82, 2.24) is 4.37 Å². The summed E-state index contributed by atoms with van der Waals surface area (Å²) in [5, 5.41) is 12.2. The summed E-state index contributed by atoms with van der Waals surface area (Å²) in [6.45, 7) is 3.65. The average Bonchev–Trinajstić information content (AvgIpc) is 2.81. The molecule has 1 N–H and O–H groups in total. The van der Waals surface area contributed by atoms with Gasteiger partial charge in [0.1, 0.15) is 17.4 Å². The molecule has 0 atom stereocenters. The molecule has 0 bridgehead atoms. The molecule has 1 aromatic carbocycles. The van der Waals surface area contributed by atoms with E-state index in [9.17, 15) is 4.79 Å². The summed E-state index contributed by atoms with van der Waals surface area (Å²) < 4.78 is 9.43. The van der Waals surface area contributed by atoms with Gasteiger partial charge in [0.05, 0.1) is 0 Å². The Labute approximate surface area is 131 Å². The lowest BCUT2D eigenvalue weighted by molar-refractivity contribution is -0.118. The third-order valence-electron chi connectivity index (χ3n) is 2.59. The molecule has 7 heteroatoms. The van der Waals surface area contributed by atoms with Crippen LogP contribution >= 0.6 is 23.1 Å². The van der Waals surface area contributed by atoms with E-state index in [1.165, 1.54) is 0 Å². The highest BCUT2D eigenvalue weighted by atomic mass is 35.5. The Morgan fingerprint density at radius 3 is 2.67 bits per heavy atom. The average molecular weight is 322 g/mol. The Kier molecular flexibility index (Phi) is 4.78. The first-order chi connectivity index (χ1) is 10.0. The van der Waals surface area contributed by atoms with Crippen LogP contribution in [0.15, 0.2) is 24.3 Å². The molecular weight excluding hydrogens is 310 g/mol. The van der Waals surface area contributed by atoms with Crippen LogP contribution in [0.25, 0.3) is 0 Å². The Morgan fingerprint density at radius 1 is 1.43 bits per heavy atom. The van der Waals surface area contributed by atoms with E-state index in [1.807, 2.05) is 19.9 Å². The SMILES string of the molecule is CC(C)C(=O)Nc1ccc(Oc2snc(Cl)c2C#N)cc1. The fraction of sp³-hybridized carbons (Fsp3) is 0.214. The van der Waals surface area contributed by atoms with E-state index in [4.69, 9.17) is 21.6 Å². The number of nitrogens with zero attached hydrogens (tertiary/aromatic N) is 2. The third-order valence-corrected chi connectivity index (χ3v) is 3.69. The van der Waals surface area contributed by atoms with E-state index in [0.29, 0.717) is 16.5 Å². The van der Waals surface area contributed by atoms with Gasteiger partial charge < -0.3 is 10.1 Å². The summed E-state index contributed by atoms with van der Waals surface area (Å²) in [6.07, 6.45) is 0. The molecule has 0 aliphatic carbocycles. The maximum atomic E-state index is 11.6. The van der Waals surface area contributed by atoms with Crippen LogP contribution in [-0.4, -0.2) is 10.3 Å². The second kappa shape index (κ2) is 6.57. The zero-order valence-electron chi connectivity index (χ0n) is 11.4. The predicted octanol–water partition coefficient (Wildman–Crippen LogP) is 4.05. The van der Waals surface area contributed by atoms with Crippen molar-refractivity contribution in [2.24, 2.45) is 5.92 Å². The number of nitrogens with one attached hydrogen (secondary N) is 1. The van der Waals surface area contributed by atoms with Gasteiger partial charge in [-0.25, -0.2) is 0 Å². The number of nitriles is 1. The fourth-order valence-corrected chi connectivity index (χ4v) is 2.33. The standard InChI is InChI=1S/C14H12ClN3O2S/c1-8(2)13(19)17-9-3-5-10(6-4-9)20-14-11(7-16)12(15)18-21-14/h3-6,8H,1-2H3,(H,17,19). The first kappa shape index (κ1) is 15.3. The van der Waals surface area contributed by atoms with E-state index >= 15 is 0 Å². The van der Waals surface area contributed by atoms with Gasteiger partial charge in [-0.3, -0.25) is 4.79 Å². The number of ether oxygens (including phenoxy) is 1. The van der Waals surface area contributed by atoms with Crippen LogP contribution in [0.4, 0.5) is 5.69 Å². The van der Waals surface area contributed by atoms with Crippen molar-refractivity contribution in [3.63, 3.8) is 0 Å². The van der Waals surface area contributed by atoms with Gasteiger partial charge in [0.15, 0.2) is 5.15 Å². The first-order valence-corrected chi connectivity index (χ1v) is 7.30. The summed E-state index contributed by atoms with van der Waals surface area (Å²) in [4.78, 5) is 11.6. The molecule has 1 aromatic heterocycles. The smallest absolute Gasteiger partial charge is 0.226 e. The lowest BCUT2D eigenvalue weighted by Gasteiger charge is -2.08. The van der Waals surface area contributed by atoms with Crippen LogP contribution in [0.1, 0.15) is 19.4 Å². The van der Waals surface area contributed by atoms with Crippen LogP contribution in [0.2, 0.25) is 5.15 Å². The van der Waals surface area contributed by atoms with Crippen molar-refractivity contribution in [3.05, 3.63) is 35.0 Å². The number of hydrogen-bond donors (Lipinski definition) is 1. The number of halogens is 1. The molecule has 0 spiro atoms. The molecule has 1 amide bonds. The number of carbonyl (C=O) groups is 1. The van der Waals surface area contributed by atoms with E-state index in [2.05, 4.69) is 9.69 Å². The Balaban J connectivity index is 2.09. The molecule has 0 fully saturated rings. The molecule has 0 unspecified atom stereocenters. The van der Waals surface area contributed by atoms with Gasteiger partial charge in [0.2, 0.25) is 11.0 Å². The Hall–Kier alpha value is -2.10. The van der Waals surface area contributed by atoms with Crippen LogP contribution in [0.3, 0.4) is 0 Å². The van der Waals surface area contributed by atoms with E-state index < -0.39 is 0 Å². The monoisotopic (exact) mass is 321 g/mol. The number of anilines is 1. The maximum absolute atomic E-state index is 11.6. The van der Waals surface area contributed by atoms with Crippen molar-refractivity contribution >= 4 is 34.7 Å². The number of rotatable bonds is 4. The molecule has 0 aliphatic rings. The maximum Gasteiger partial charge on any atom is 0.226 e. The first-order valence-electron chi connectivity index (χ1n) is 6.15. The Morgan fingerprint density at radius 2 is 2.10 bits per heavy atom. The van der Waals surface area contributed by atoms with Gasteiger partial charge in [-0.05, 0) is 24.3 Å². The van der Waals surface area contributed by atoms with E-state index in [1.54, 1.807) is 24.3 Å². The van der Waals surface area contributed by atoms with Crippen LogP contribution in [0.5, 0.6) is 10.8 Å². The highest BCUT2D eigenvalue weighted by Crippen LogP contribution is 2.34. The van der Waals surface area contributed by atoms with E-state index in [-0.39, 0.29) is 22.5 Å². The minimum atomic E-state index is -0.0848. The van der Waals surface area contributed by atoms with E-state index in [0.717, 1.165) is 11.5 Å². The molecule has 2 rings (SSSR count). The molecule has 1 heterocycles. The predicted molar refractivity (Wildman–Crippen MR) is 81.8 cm³/mol. The summed E-state index contributed by atoms with van der Waals surface area (Å²) in [7, 11) is 0. The largest absolute Gasteiger partial charge is 0.444 e. The summed E-state index contributed by atoms with van der Waals surface area (Å²) >= 11 is 6.79. The van der Waals surface area contributed by atoms with Gasteiger partial charge in [0.25, 0.3) is 0 Å². The molecular formula is C14H12ClN3O2S. The molecule has 0 saturated carbocycles. The van der Waals surface area contributed by atoms with Crippen LogP contribution < -0.4 is 10.1 Å². The highest BCUT2D eigenvalue weighted by molar-refractivity contribution is 7.08. The topological polar surface area (TPSA) is 75.0 Å². The van der Waals surface area contributed by atoms with Crippen molar-refractivity contribution in [1.29, 1.82) is 5.26 Å². The number of aromatic nitrogens is 1. The minimum Gasteiger partial charge on any atom is -0.444 e. The van der Waals surface area contributed by atoms with Gasteiger partial charge >= 0.3 is 0 Å². The van der Waals surface area contributed by atoms with Crippen molar-refractivity contribution in [3.8, 4) is 16.9 Å². The van der Waals surface area contributed by atoms with Gasteiger partial charge in [-0.2, -0.15) is 9.64 Å². The van der Waals surface area contributed by atoms with Crippen molar-refractivity contribution in [2.45, 2.75) is 13.8 Å². The van der Waals surface area contributed by atoms with Gasteiger partial charge in [-0.1, -0.05) is 25.4 Å². The quantitative estimate of drug-likeness (QED) is 0.921. The Bertz CT molecular complexity index is 689. The second-order valence-electron chi connectivity index (χ2n) is 4.52. The molecule has 0 aliphatic heterocycles. The zero-order valence-corrected chi connectivity index (χ0v) is 13.0. The highest BCUT2D eigenvalue weighted by Gasteiger charge is 2.14. The van der Waals surface area contributed by atoms with Crippen LogP contribution in [-0.2, 0) is 4.79 Å². The van der Waals surface area contributed by atoms with Crippen molar-refractivity contribution in [2.75, 3.05) is 5.32 Å². The van der Waals surface area contributed by atoms with Gasteiger partial charge in [0, 0.05) is 23.1 Å². The second-order valence-corrected chi connectivity index (χ2v) is 5.61. The minimum absolute atomic E-state index is 0.0512. The number of amides is 1. The molecule has 0 radical (unpaired) electrons. The lowest BCUT2D eigenvalue weighted by atomic mass is 10.2. The molecule has 108 valence electrons. The number of benzene rings is 1. The number of hydrogen-bond acceptors (Lipinski definition) is 5. The number of carbonyl (C=O) groups excluding carboxylic acids is 1. The molecule has 5 nitrogen and oxygen atoms in total. The molecule has 2 aromatic rings. The molecule has 0 saturated heterocycles. The summed E-state index contributed by atoms with van der Waals surface area (Å²) in [5.41, 5.74) is 0.905. The third kappa shape index (κ3) is 3.72. The summed E-state index contributed by atoms with van der Waals surface area (Å²) in [5.74, 6) is 0.400. The van der Waals surface area contributed by atoms with Crippen molar-refractivity contribution < 1.29 is 9.53 Å².